The van der Waals surface area contributed by atoms with Crippen LogP contribution in [-0.2, 0) is 30.2 Å². The number of halogens is 1. The zero-order valence-corrected chi connectivity index (χ0v) is 24.9. The van der Waals surface area contributed by atoms with E-state index in [1.54, 1.807) is 0 Å². The van der Waals surface area contributed by atoms with Gasteiger partial charge in [-0.25, -0.2) is 9.48 Å². The van der Waals surface area contributed by atoms with Gasteiger partial charge in [0.2, 0.25) is 0 Å². The van der Waals surface area contributed by atoms with Gasteiger partial charge in [0.25, 0.3) is 0 Å². The molecule has 2 aromatic carbocycles. The molecule has 0 fully saturated rings. The summed E-state index contributed by atoms with van der Waals surface area (Å²) in [5, 5.41) is 8.38. The number of hydrogen-bond donors (Lipinski definition) is 1. The van der Waals surface area contributed by atoms with E-state index in [0.29, 0.717) is 13.1 Å². The Morgan fingerprint density at radius 2 is 1.85 bits per heavy atom. The van der Waals surface area contributed by atoms with Crippen molar-refractivity contribution in [1.29, 1.82) is 0 Å². The summed E-state index contributed by atoms with van der Waals surface area (Å²) in [5.74, 6) is 0. The van der Waals surface area contributed by atoms with Crippen LogP contribution in [-0.4, -0.2) is 30.0 Å². The molecule has 6 nitrogen and oxygen atoms in total. The number of anilines is 1. The molecule has 1 unspecified atom stereocenters. The number of amides is 2. The lowest BCUT2D eigenvalue weighted by atomic mass is 9.60. The molecule has 7 heteroatoms. The molecule has 1 N–H and O–H groups in total. The summed E-state index contributed by atoms with van der Waals surface area (Å²) >= 11 is 2.41. The molecule has 1 aliphatic carbocycles. The second-order valence-corrected chi connectivity index (χ2v) is 12.7. The summed E-state index contributed by atoms with van der Waals surface area (Å²) in [6.07, 6.45) is 6.33. The molecular weight excluding hydrogens is 597 g/mol. The van der Waals surface area contributed by atoms with Gasteiger partial charge in [-0.1, -0.05) is 63.2 Å². The van der Waals surface area contributed by atoms with E-state index in [1.165, 1.54) is 44.9 Å². The molecule has 4 aromatic rings. The molecule has 2 aromatic heterocycles. The Hall–Kier alpha value is -3.33. The Bertz CT molecular complexity index is 1680. The highest BCUT2D eigenvalue weighted by Gasteiger charge is 2.51. The van der Waals surface area contributed by atoms with Gasteiger partial charge in [0.05, 0.1) is 51.9 Å². The maximum atomic E-state index is 13.4. The van der Waals surface area contributed by atoms with E-state index in [-0.39, 0.29) is 16.9 Å². The molecule has 39 heavy (non-hydrogen) atoms. The average Bonchev–Trinajstić information content (AvgIpc) is 3.52. The van der Waals surface area contributed by atoms with Crippen molar-refractivity contribution < 1.29 is 4.79 Å². The predicted octanol–water partition coefficient (Wildman–Crippen LogP) is 7.02. The van der Waals surface area contributed by atoms with Crippen LogP contribution >= 0.6 is 22.9 Å². The Morgan fingerprint density at radius 1 is 1.05 bits per heavy atom. The van der Waals surface area contributed by atoms with Crippen molar-refractivity contribution in [2.45, 2.75) is 57.9 Å². The lowest BCUT2D eigenvalue weighted by molar-refractivity contribution is 0.206. The van der Waals surface area contributed by atoms with Gasteiger partial charge in [0.1, 0.15) is 0 Å². The third-order valence-corrected chi connectivity index (χ3v) is 9.66. The van der Waals surface area contributed by atoms with Crippen molar-refractivity contribution >= 4 is 40.2 Å². The summed E-state index contributed by atoms with van der Waals surface area (Å²) in [6, 6.07) is 18.6. The number of urea groups is 1. The van der Waals surface area contributed by atoms with E-state index in [1.807, 2.05) is 35.2 Å². The Morgan fingerprint density at radius 3 is 2.62 bits per heavy atom. The third kappa shape index (κ3) is 3.44. The monoisotopic (exact) mass is 629 g/mol. The number of rotatable bonds is 2. The van der Waals surface area contributed by atoms with Gasteiger partial charge in [0.15, 0.2) is 0 Å². The van der Waals surface area contributed by atoms with Gasteiger partial charge in [-0.15, -0.1) is 0 Å². The number of allylic oxidation sites excluding steroid dienone is 2. The van der Waals surface area contributed by atoms with Crippen LogP contribution in [0, 0.1) is 0 Å². The number of nitrogens with zero attached hydrogens (tertiary/aromatic N) is 4. The number of aryl methyl sites for hydroxylation is 1. The summed E-state index contributed by atoms with van der Waals surface area (Å²) < 4.78 is 4.48. The van der Waals surface area contributed by atoms with Crippen LogP contribution in [0.1, 0.15) is 67.0 Å². The second-order valence-electron chi connectivity index (χ2n) is 11.6. The van der Waals surface area contributed by atoms with E-state index >= 15 is 0 Å². The smallest absolute Gasteiger partial charge is 0.320 e. The third-order valence-electron chi connectivity index (χ3n) is 8.86. The van der Waals surface area contributed by atoms with Crippen molar-refractivity contribution in [3.05, 3.63) is 106 Å². The molecule has 0 saturated heterocycles. The first-order chi connectivity index (χ1) is 18.7. The molecule has 1 atom stereocenters. The fourth-order valence-electron chi connectivity index (χ4n) is 7.05. The summed E-state index contributed by atoms with van der Waals surface area (Å²) in [5.41, 5.74) is 11.5. The van der Waals surface area contributed by atoms with Crippen molar-refractivity contribution in [2.24, 2.45) is 0 Å². The van der Waals surface area contributed by atoms with Crippen molar-refractivity contribution in [2.75, 3.05) is 11.9 Å². The molecule has 0 spiro atoms. The molecule has 0 radical (unpaired) electrons. The first kappa shape index (κ1) is 24.7. The van der Waals surface area contributed by atoms with Crippen LogP contribution in [0.15, 0.2) is 66.9 Å². The lowest BCUT2D eigenvalue weighted by Crippen LogP contribution is -2.42. The largest absolute Gasteiger partial charge is 0.322 e. The number of aromatic nitrogens is 3. The van der Waals surface area contributed by atoms with Gasteiger partial charge < -0.3 is 10.2 Å². The molecule has 3 aliphatic rings. The van der Waals surface area contributed by atoms with Gasteiger partial charge in [0, 0.05) is 47.1 Å². The fraction of sp³-hybridized carbons (Fsp3) is 0.312. The van der Waals surface area contributed by atoms with Crippen LogP contribution in [0.25, 0.3) is 11.3 Å². The van der Waals surface area contributed by atoms with Gasteiger partial charge in [-0.05, 0) is 48.2 Å². The van der Waals surface area contributed by atoms with E-state index in [0.717, 1.165) is 24.2 Å². The molecule has 0 saturated carbocycles. The van der Waals surface area contributed by atoms with Crippen LogP contribution in [0.4, 0.5) is 10.5 Å². The molecule has 7 rings (SSSR count). The first-order valence-electron chi connectivity index (χ1n) is 13.7. The number of para-hydroxylation sites is 2. The summed E-state index contributed by atoms with van der Waals surface area (Å²) in [4.78, 5) is 15.3. The van der Waals surface area contributed by atoms with Crippen molar-refractivity contribution in [1.82, 2.24) is 17.5 Å². The van der Waals surface area contributed by atoms with Crippen LogP contribution in [0.2, 0.25) is 0 Å². The fourth-order valence-corrected chi connectivity index (χ4v) is 8.09. The highest BCUT2D eigenvalue weighted by Crippen LogP contribution is 2.58. The molecular formula is C32H32IN5O. The van der Waals surface area contributed by atoms with Gasteiger partial charge in [-0.3, -0.25) is 2.78 Å². The quantitative estimate of drug-likeness (QED) is 0.243. The topological polar surface area (TPSA) is 55.1 Å². The van der Waals surface area contributed by atoms with Crippen LogP contribution < -0.4 is 5.32 Å². The van der Waals surface area contributed by atoms with E-state index in [9.17, 15) is 4.79 Å². The Labute approximate surface area is 243 Å². The number of carbonyl (C=O) groups excluding carboxylic acids is 1. The number of fused-ring (bicyclic) bond motifs is 10. The number of nitrogens with one attached hydrogen (secondary N) is 1. The zero-order chi connectivity index (χ0) is 27.1. The SMILES string of the molecule is CCc1cccc2c1-n1nc3c(c1C1(C)C2=CC(C)(C)c2c1ccn2I)CN(C(=O)Nc1ccccc1)CC3. The van der Waals surface area contributed by atoms with Crippen LogP contribution in [0.3, 0.4) is 0 Å². The molecule has 4 heterocycles. The zero-order valence-electron chi connectivity index (χ0n) is 22.8. The average molecular weight is 630 g/mol. The lowest BCUT2D eigenvalue weighted by Gasteiger charge is -2.46. The molecule has 0 bridgehead atoms. The summed E-state index contributed by atoms with van der Waals surface area (Å²) in [6.45, 7) is 10.4. The molecule has 198 valence electrons. The summed E-state index contributed by atoms with van der Waals surface area (Å²) in [7, 11) is 0. The van der Waals surface area contributed by atoms with E-state index in [4.69, 9.17) is 5.10 Å². The Kier molecular flexibility index (Phi) is 5.43. The van der Waals surface area contributed by atoms with E-state index < -0.39 is 0 Å². The van der Waals surface area contributed by atoms with Crippen molar-refractivity contribution in [3.8, 4) is 5.69 Å². The van der Waals surface area contributed by atoms with Gasteiger partial charge >= 0.3 is 6.03 Å². The number of benzene rings is 2. The second kappa shape index (κ2) is 8.58. The highest BCUT2D eigenvalue weighted by atomic mass is 127. The van der Waals surface area contributed by atoms with Crippen molar-refractivity contribution in [3.63, 3.8) is 0 Å². The highest BCUT2D eigenvalue weighted by molar-refractivity contribution is 14.1. The Balaban J connectivity index is 1.44. The minimum atomic E-state index is -0.389. The minimum absolute atomic E-state index is 0.0675. The standard InChI is InChI=1S/C32H32IN5O/c1-5-20-10-9-13-22-25-18-31(2,3)29-24(14-17-37(29)33)32(25,4)28-23-19-36(16-15-26(23)35-38(28)27(20)22)30(39)34-21-11-7-6-8-12-21/h6-14,17-18H,5,15-16,19H2,1-4H3,(H,34,39). The predicted molar refractivity (Wildman–Crippen MR) is 164 cm³/mol. The maximum absolute atomic E-state index is 13.4. The van der Waals surface area contributed by atoms with Crippen LogP contribution in [0.5, 0.6) is 0 Å². The van der Waals surface area contributed by atoms with Gasteiger partial charge in [-0.2, -0.15) is 5.10 Å². The molecule has 2 amide bonds. The van der Waals surface area contributed by atoms with E-state index in [2.05, 4.69) is 99.9 Å². The number of carbonyl (C=O) groups is 1. The maximum Gasteiger partial charge on any atom is 0.322 e. The normalized spacial score (nSPS) is 20.2. The number of hydrogen-bond acceptors (Lipinski definition) is 2. The molecule has 2 aliphatic heterocycles. The minimum Gasteiger partial charge on any atom is -0.320 e. The first-order valence-corrected chi connectivity index (χ1v) is 14.7.